The van der Waals surface area contributed by atoms with Gasteiger partial charge in [-0.15, -0.1) is 0 Å². The molecular formula is C24H32N4O5S. The van der Waals surface area contributed by atoms with E-state index in [-0.39, 0.29) is 40.9 Å². The summed E-state index contributed by atoms with van der Waals surface area (Å²) >= 11 is 0. The van der Waals surface area contributed by atoms with Crippen molar-refractivity contribution in [1.29, 1.82) is 0 Å². The second-order valence-corrected chi connectivity index (χ2v) is 10.3. The molecule has 0 bridgehead atoms. The van der Waals surface area contributed by atoms with E-state index in [9.17, 15) is 18.0 Å². The lowest BCUT2D eigenvalue weighted by molar-refractivity contribution is 0.0950. The first-order chi connectivity index (χ1) is 16.2. The Balaban J connectivity index is 1.64. The van der Waals surface area contributed by atoms with E-state index in [0.29, 0.717) is 5.69 Å². The van der Waals surface area contributed by atoms with Gasteiger partial charge in [-0.1, -0.05) is 25.0 Å². The van der Waals surface area contributed by atoms with Crippen molar-refractivity contribution in [3.05, 3.63) is 53.6 Å². The van der Waals surface area contributed by atoms with E-state index >= 15 is 0 Å². The zero-order chi connectivity index (χ0) is 24.7. The van der Waals surface area contributed by atoms with Crippen LogP contribution < -0.4 is 25.4 Å². The standard InChI is InChI=1S/C24H32N4O5S/c1-16(2)26-24(30)27-19-11-8-17(9-12-19)15-25-23(29)18-10-13-21(33-3)22(14-18)34(31,32)28-20-6-4-5-7-20/h8-14,16,20,28H,4-7,15H2,1-3H3,(H,25,29)(H2,26,27,30). The monoisotopic (exact) mass is 488 g/mol. The van der Waals surface area contributed by atoms with Gasteiger partial charge in [-0.3, -0.25) is 4.79 Å². The molecule has 1 aliphatic carbocycles. The van der Waals surface area contributed by atoms with Gasteiger partial charge in [0, 0.05) is 29.9 Å². The molecule has 10 heteroatoms. The number of urea groups is 1. The Morgan fingerprint density at radius 1 is 1.06 bits per heavy atom. The highest BCUT2D eigenvalue weighted by atomic mass is 32.2. The van der Waals surface area contributed by atoms with Gasteiger partial charge in [-0.05, 0) is 62.6 Å². The molecule has 1 fully saturated rings. The minimum Gasteiger partial charge on any atom is -0.495 e. The number of carbonyl (C=O) groups is 2. The number of methoxy groups -OCH3 is 1. The summed E-state index contributed by atoms with van der Waals surface area (Å²) in [6.45, 7) is 3.99. The lowest BCUT2D eigenvalue weighted by atomic mass is 10.1. The van der Waals surface area contributed by atoms with Gasteiger partial charge in [0.15, 0.2) is 0 Å². The summed E-state index contributed by atoms with van der Waals surface area (Å²) in [5.74, 6) is -0.217. The highest BCUT2D eigenvalue weighted by molar-refractivity contribution is 7.89. The fourth-order valence-electron chi connectivity index (χ4n) is 3.77. The first-order valence-electron chi connectivity index (χ1n) is 11.3. The molecule has 0 saturated heterocycles. The number of carbonyl (C=O) groups excluding carboxylic acids is 2. The predicted octanol–water partition coefficient (Wildman–Crippen LogP) is 3.38. The van der Waals surface area contributed by atoms with E-state index in [2.05, 4.69) is 20.7 Å². The van der Waals surface area contributed by atoms with Gasteiger partial charge < -0.3 is 20.7 Å². The van der Waals surface area contributed by atoms with Crippen LogP contribution in [0, 0.1) is 0 Å². The Bertz CT molecular complexity index is 1110. The zero-order valence-electron chi connectivity index (χ0n) is 19.7. The van der Waals surface area contributed by atoms with Gasteiger partial charge in [0.2, 0.25) is 10.0 Å². The number of hydrogen-bond acceptors (Lipinski definition) is 5. The largest absolute Gasteiger partial charge is 0.495 e. The molecule has 0 spiro atoms. The third-order valence-electron chi connectivity index (χ3n) is 5.48. The smallest absolute Gasteiger partial charge is 0.319 e. The first kappa shape index (κ1) is 25.5. The van der Waals surface area contributed by atoms with Gasteiger partial charge in [-0.2, -0.15) is 0 Å². The van der Waals surface area contributed by atoms with Crippen molar-refractivity contribution in [2.24, 2.45) is 0 Å². The van der Waals surface area contributed by atoms with Crippen molar-refractivity contribution in [1.82, 2.24) is 15.4 Å². The molecule has 184 valence electrons. The molecule has 2 aromatic rings. The van der Waals surface area contributed by atoms with Crippen molar-refractivity contribution in [3.8, 4) is 5.75 Å². The molecule has 9 nitrogen and oxygen atoms in total. The van der Waals surface area contributed by atoms with Crippen LogP contribution in [0.25, 0.3) is 0 Å². The average molecular weight is 489 g/mol. The van der Waals surface area contributed by atoms with Crippen LogP contribution in [0.5, 0.6) is 5.75 Å². The summed E-state index contributed by atoms with van der Waals surface area (Å²) in [6, 6.07) is 11.1. The van der Waals surface area contributed by atoms with Crippen LogP contribution in [-0.4, -0.2) is 39.5 Å². The SMILES string of the molecule is COc1ccc(C(=O)NCc2ccc(NC(=O)NC(C)C)cc2)cc1S(=O)(=O)NC1CCCC1. The second-order valence-electron chi connectivity index (χ2n) is 8.60. The van der Waals surface area contributed by atoms with Gasteiger partial charge in [0.05, 0.1) is 7.11 Å². The van der Waals surface area contributed by atoms with Crippen molar-refractivity contribution in [2.75, 3.05) is 12.4 Å². The van der Waals surface area contributed by atoms with Crippen LogP contribution in [0.1, 0.15) is 55.5 Å². The molecule has 34 heavy (non-hydrogen) atoms. The number of ether oxygens (including phenoxy) is 1. The molecule has 0 atom stereocenters. The van der Waals surface area contributed by atoms with Crippen molar-refractivity contribution >= 4 is 27.6 Å². The third-order valence-corrected chi connectivity index (χ3v) is 7.02. The zero-order valence-corrected chi connectivity index (χ0v) is 20.5. The molecule has 0 aromatic heterocycles. The summed E-state index contributed by atoms with van der Waals surface area (Å²) in [7, 11) is -2.43. The summed E-state index contributed by atoms with van der Waals surface area (Å²) in [6.07, 6.45) is 3.60. The number of rotatable bonds is 9. The number of benzene rings is 2. The lowest BCUT2D eigenvalue weighted by Gasteiger charge is -2.16. The fourth-order valence-corrected chi connectivity index (χ4v) is 5.27. The highest BCUT2D eigenvalue weighted by Gasteiger charge is 2.26. The van der Waals surface area contributed by atoms with Gasteiger partial charge in [0.1, 0.15) is 10.6 Å². The predicted molar refractivity (Wildman–Crippen MR) is 130 cm³/mol. The maximum Gasteiger partial charge on any atom is 0.319 e. The van der Waals surface area contributed by atoms with Gasteiger partial charge in [-0.25, -0.2) is 17.9 Å². The molecule has 1 aliphatic rings. The number of nitrogens with one attached hydrogen (secondary N) is 4. The van der Waals surface area contributed by atoms with Crippen LogP contribution in [0.3, 0.4) is 0 Å². The minimum atomic E-state index is -3.83. The molecule has 2 aromatic carbocycles. The number of amides is 3. The molecular weight excluding hydrogens is 456 g/mol. The molecule has 3 rings (SSSR count). The molecule has 0 aliphatic heterocycles. The van der Waals surface area contributed by atoms with Crippen LogP contribution in [0.4, 0.5) is 10.5 Å². The summed E-state index contributed by atoms with van der Waals surface area (Å²) in [4.78, 5) is 24.5. The Kier molecular flexibility index (Phi) is 8.51. The quantitative estimate of drug-likeness (QED) is 0.431. The summed E-state index contributed by atoms with van der Waals surface area (Å²) in [5.41, 5.74) is 1.68. The average Bonchev–Trinajstić information content (AvgIpc) is 3.29. The van der Waals surface area contributed by atoms with E-state index in [0.717, 1.165) is 31.2 Å². The molecule has 4 N–H and O–H groups in total. The van der Waals surface area contributed by atoms with E-state index in [1.54, 1.807) is 24.3 Å². The Morgan fingerprint density at radius 3 is 2.35 bits per heavy atom. The molecule has 1 saturated carbocycles. The van der Waals surface area contributed by atoms with Gasteiger partial charge >= 0.3 is 6.03 Å². The van der Waals surface area contributed by atoms with E-state index in [1.165, 1.54) is 25.3 Å². The summed E-state index contributed by atoms with van der Waals surface area (Å²) < 4.78 is 33.8. The van der Waals surface area contributed by atoms with Crippen molar-refractivity contribution < 1.29 is 22.7 Å². The Morgan fingerprint density at radius 2 is 1.74 bits per heavy atom. The second kappa shape index (κ2) is 11.3. The third kappa shape index (κ3) is 6.94. The topological polar surface area (TPSA) is 126 Å². The number of sulfonamides is 1. The highest BCUT2D eigenvalue weighted by Crippen LogP contribution is 2.27. The Hall–Kier alpha value is -3.11. The number of anilines is 1. The molecule has 0 radical (unpaired) electrons. The molecule has 0 heterocycles. The maximum absolute atomic E-state index is 12.9. The number of hydrogen-bond donors (Lipinski definition) is 4. The minimum absolute atomic E-state index is 0.0291. The fraction of sp³-hybridized carbons (Fsp3) is 0.417. The molecule has 3 amide bonds. The van der Waals surface area contributed by atoms with E-state index in [1.807, 2.05) is 13.8 Å². The Labute approximate surface area is 200 Å². The maximum atomic E-state index is 12.9. The normalized spacial score (nSPS) is 14.1. The first-order valence-corrected chi connectivity index (χ1v) is 12.8. The van der Waals surface area contributed by atoms with Crippen LogP contribution in [0.15, 0.2) is 47.4 Å². The van der Waals surface area contributed by atoms with Crippen molar-refractivity contribution in [3.63, 3.8) is 0 Å². The van der Waals surface area contributed by atoms with Crippen LogP contribution in [-0.2, 0) is 16.6 Å². The van der Waals surface area contributed by atoms with E-state index < -0.39 is 15.9 Å². The van der Waals surface area contributed by atoms with Gasteiger partial charge in [0.25, 0.3) is 5.91 Å². The molecule has 0 unspecified atom stereocenters. The van der Waals surface area contributed by atoms with Crippen molar-refractivity contribution in [2.45, 2.75) is 63.1 Å². The van der Waals surface area contributed by atoms with Crippen LogP contribution >= 0.6 is 0 Å². The summed E-state index contributed by atoms with van der Waals surface area (Å²) in [5, 5.41) is 8.28. The van der Waals surface area contributed by atoms with Crippen LogP contribution in [0.2, 0.25) is 0 Å². The lowest BCUT2D eigenvalue weighted by Crippen LogP contribution is -2.34. The van der Waals surface area contributed by atoms with E-state index in [4.69, 9.17) is 4.74 Å².